The molecule has 142 valence electrons. The molecule has 7 nitrogen and oxygen atoms in total. The van der Waals surface area contributed by atoms with Crippen LogP contribution in [-0.2, 0) is 14.8 Å². The van der Waals surface area contributed by atoms with E-state index in [2.05, 4.69) is 17.0 Å². The predicted molar refractivity (Wildman–Crippen MR) is 97.7 cm³/mol. The zero-order chi connectivity index (χ0) is 18.7. The molecule has 0 aromatic heterocycles. The number of unbranched alkanes of at least 4 members (excludes halogenated alkanes) is 2. The fourth-order valence-corrected chi connectivity index (χ4v) is 3.51. The van der Waals surface area contributed by atoms with Gasteiger partial charge in [0.2, 0.25) is 10.0 Å². The second kappa shape index (κ2) is 11.1. The number of hydrogen-bond donors (Lipinski definition) is 3. The molecule has 0 saturated carbocycles. The summed E-state index contributed by atoms with van der Waals surface area (Å²) in [5.41, 5.74) is 0.354. The highest BCUT2D eigenvalue weighted by Crippen LogP contribution is 2.23. The van der Waals surface area contributed by atoms with Gasteiger partial charge in [-0.05, 0) is 38.0 Å². The Morgan fingerprint density at radius 1 is 1.16 bits per heavy atom. The molecule has 0 saturated heterocycles. The van der Waals surface area contributed by atoms with Gasteiger partial charge in [-0.3, -0.25) is 0 Å². The van der Waals surface area contributed by atoms with E-state index in [1.165, 1.54) is 18.2 Å². The van der Waals surface area contributed by atoms with Crippen molar-refractivity contribution in [2.75, 3.05) is 31.6 Å². The van der Waals surface area contributed by atoms with Gasteiger partial charge in [0.25, 0.3) is 0 Å². The minimum Gasteiger partial charge on any atom is -0.478 e. The highest BCUT2D eigenvalue weighted by atomic mass is 32.2. The van der Waals surface area contributed by atoms with E-state index in [9.17, 15) is 13.2 Å². The number of hydrogen-bond acceptors (Lipinski definition) is 5. The van der Waals surface area contributed by atoms with Gasteiger partial charge in [-0.1, -0.05) is 19.8 Å². The van der Waals surface area contributed by atoms with Crippen molar-refractivity contribution in [1.29, 1.82) is 0 Å². The fourth-order valence-electron chi connectivity index (χ4n) is 2.22. The maximum absolute atomic E-state index is 12.6. The SMILES string of the molecule is CCCCCNc1ccc(C(=O)O)cc1S(=O)(=O)NCCCOCC. The van der Waals surface area contributed by atoms with Crippen molar-refractivity contribution in [2.24, 2.45) is 0 Å². The molecular formula is C17H28N2O5S. The van der Waals surface area contributed by atoms with Gasteiger partial charge in [-0.2, -0.15) is 0 Å². The Labute approximate surface area is 149 Å². The molecule has 0 unspecified atom stereocenters. The highest BCUT2D eigenvalue weighted by Gasteiger charge is 2.20. The molecule has 0 aliphatic heterocycles. The Hall–Kier alpha value is -1.64. The summed E-state index contributed by atoms with van der Waals surface area (Å²) >= 11 is 0. The van der Waals surface area contributed by atoms with Crippen LogP contribution in [-0.4, -0.2) is 45.8 Å². The molecule has 8 heteroatoms. The van der Waals surface area contributed by atoms with Crippen molar-refractivity contribution >= 4 is 21.7 Å². The van der Waals surface area contributed by atoms with Gasteiger partial charge in [0.15, 0.2) is 0 Å². The molecule has 1 aromatic carbocycles. The van der Waals surface area contributed by atoms with Crippen molar-refractivity contribution in [2.45, 2.75) is 44.4 Å². The van der Waals surface area contributed by atoms with Crippen LogP contribution in [0.4, 0.5) is 5.69 Å². The highest BCUT2D eigenvalue weighted by molar-refractivity contribution is 7.89. The van der Waals surface area contributed by atoms with Crippen molar-refractivity contribution < 1.29 is 23.1 Å². The first-order valence-corrected chi connectivity index (χ1v) is 10.1. The molecule has 1 rings (SSSR count). The van der Waals surface area contributed by atoms with Gasteiger partial charge in [-0.25, -0.2) is 17.9 Å². The maximum atomic E-state index is 12.6. The van der Waals surface area contributed by atoms with E-state index >= 15 is 0 Å². The summed E-state index contributed by atoms with van der Waals surface area (Å²) in [5.74, 6) is -1.16. The van der Waals surface area contributed by atoms with Crippen LogP contribution in [0.1, 0.15) is 49.9 Å². The Kier molecular flexibility index (Phi) is 9.48. The minimum absolute atomic E-state index is 0.0414. The van der Waals surface area contributed by atoms with Crippen LogP contribution in [0, 0.1) is 0 Å². The van der Waals surface area contributed by atoms with Crippen LogP contribution < -0.4 is 10.0 Å². The molecule has 0 radical (unpaired) electrons. The molecule has 0 heterocycles. The smallest absolute Gasteiger partial charge is 0.335 e. The lowest BCUT2D eigenvalue weighted by Gasteiger charge is -2.14. The summed E-state index contributed by atoms with van der Waals surface area (Å²) in [6.45, 7) is 5.87. The normalized spacial score (nSPS) is 11.4. The monoisotopic (exact) mass is 372 g/mol. The maximum Gasteiger partial charge on any atom is 0.335 e. The Balaban J connectivity index is 2.90. The number of carboxylic acid groups (broad SMARTS) is 1. The van der Waals surface area contributed by atoms with E-state index in [0.717, 1.165) is 19.3 Å². The molecule has 0 bridgehead atoms. The van der Waals surface area contributed by atoms with Crippen molar-refractivity contribution in [3.8, 4) is 0 Å². The fraction of sp³-hybridized carbons (Fsp3) is 0.588. The standard InChI is InChI=1S/C17H28N2O5S/c1-3-5-6-10-18-15-9-8-14(17(20)21)13-16(15)25(22,23)19-11-7-12-24-4-2/h8-9,13,18-19H,3-7,10-12H2,1-2H3,(H,20,21). The average Bonchev–Trinajstić information content (AvgIpc) is 2.58. The van der Waals surface area contributed by atoms with Gasteiger partial charge in [0.05, 0.1) is 11.3 Å². The third-order valence-electron chi connectivity index (χ3n) is 3.58. The third-order valence-corrected chi connectivity index (χ3v) is 5.08. The summed E-state index contributed by atoms with van der Waals surface area (Å²) in [6, 6.07) is 4.10. The lowest BCUT2D eigenvalue weighted by atomic mass is 10.2. The third kappa shape index (κ3) is 7.41. The van der Waals surface area contributed by atoms with Crippen molar-refractivity contribution in [3.63, 3.8) is 0 Å². The van der Waals surface area contributed by atoms with E-state index in [4.69, 9.17) is 9.84 Å². The Bertz CT molecular complexity index is 646. The molecule has 0 amide bonds. The molecule has 0 spiro atoms. The van der Waals surface area contributed by atoms with Gasteiger partial charge < -0.3 is 15.2 Å². The van der Waals surface area contributed by atoms with Gasteiger partial charge in [-0.15, -0.1) is 0 Å². The minimum atomic E-state index is -3.81. The molecule has 3 N–H and O–H groups in total. The number of nitrogens with one attached hydrogen (secondary N) is 2. The van der Waals surface area contributed by atoms with Crippen LogP contribution >= 0.6 is 0 Å². The number of ether oxygens (including phenoxy) is 1. The number of sulfonamides is 1. The zero-order valence-corrected chi connectivity index (χ0v) is 15.7. The Morgan fingerprint density at radius 3 is 2.56 bits per heavy atom. The molecule has 0 aliphatic carbocycles. The van der Waals surface area contributed by atoms with Crippen molar-refractivity contribution in [1.82, 2.24) is 4.72 Å². The summed E-state index contributed by atoms with van der Waals surface area (Å²) < 4.78 is 32.8. The van der Waals surface area contributed by atoms with E-state index in [1.54, 1.807) is 0 Å². The number of carbonyl (C=O) groups is 1. The van der Waals surface area contributed by atoms with Crippen LogP contribution in [0.3, 0.4) is 0 Å². The molecular weight excluding hydrogens is 344 g/mol. The topological polar surface area (TPSA) is 105 Å². The molecule has 1 aromatic rings. The lowest BCUT2D eigenvalue weighted by Crippen LogP contribution is -2.27. The number of rotatable bonds is 13. The molecule has 0 atom stereocenters. The van der Waals surface area contributed by atoms with Gasteiger partial charge in [0.1, 0.15) is 4.90 Å². The molecule has 25 heavy (non-hydrogen) atoms. The second-order valence-electron chi connectivity index (χ2n) is 5.60. The van der Waals surface area contributed by atoms with Crippen molar-refractivity contribution in [3.05, 3.63) is 23.8 Å². The number of aromatic carboxylic acids is 1. The summed E-state index contributed by atoms with van der Waals surface area (Å²) in [5, 5.41) is 12.2. The van der Waals surface area contributed by atoms with Crippen LogP contribution in [0.15, 0.2) is 23.1 Å². The summed E-state index contributed by atoms with van der Waals surface area (Å²) in [7, 11) is -3.81. The van der Waals surface area contributed by atoms with E-state index in [-0.39, 0.29) is 17.0 Å². The van der Waals surface area contributed by atoms with Crippen LogP contribution in [0.5, 0.6) is 0 Å². The first-order valence-electron chi connectivity index (χ1n) is 8.61. The lowest BCUT2D eigenvalue weighted by molar-refractivity contribution is 0.0696. The van der Waals surface area contributed by atoms with Crippen LogP contribution in [0.25, 0.3) is 0 Å². The number of carboxylic acids is 1. The zero-order valence-electron chi connectivity index (χ0n) is 14.9. The Morgan fingerprint density at radius 2 is 1.92 bits per heavy atom. The second-order valence-corrected chi connectivity index (χ2v) is 7.33. The molecule has 0 aliphatic rings. The quantitative estimate of drug-likeness (QED) is 0.460. The largest absolute Gasteiger partial charge is 0.478 e. The van der Waals surface area contributed by atoms with Crippen LogP contribution in [0.2, 0.25) is 0 Å². The van der Waals surface area contributed by atoms with E-state index < -0.39 is 16.0 Å². The first kappa shape index (κ1) is 21.4. The van der Waals surface area contributed by atoms with Gasteiger partial charge in [0, 0.05) is 26.3 Å². The summed E-state index contributed by atoms with van der Waals surface area (Å²) in [4.78, 5) is 11.1. The summed E-state index contributed by atoms with van der Waals surface area (Å²) in [6.07, 6.45) is 3.56. The van der Waals surface area contributed by atoms with E-state index in [1.807, 2.05) is 6.92 Å². The predicted octanol–water partition coefficient (Wildman–Crippen LogP) is 2.69. The first-order chi connectivity index (χ1) is 11.9. The van der Waals surface area contributed by atoms with Gasteiger partial charge >= 0.3 is 5.97 Å². The number of benzene rings is 1. The number of anilines is 1. The molecule has 0 fully saturated rings. The average molecular weight is 372 g/mol. The van der Waals surface area contributed by atoms with E-state index in [0.29, 0.717) is 31.9 Å².